The largest absolute Gasteiger partial charge is 0.390 e. The third-order valence-corrected chi connectivity index (χ3v) is 6.56. The summed E-state index contributed by atoms with van der Waals surface area (Å²) in [6, 6.07) is 15.0. The number of hydrogen-bond acceptors (Lipinski definition) is 4. The van der Waals surface area contributed by atoms with Crippen molar-refractivity contribution in [2.45, 2.75) is 44.4 Å². The summed E-state index contributed by atoms with van der Waals surface area (Å²) in [5.74, 6) is -0.690. The first kappa shape index (κ1) is 21.0. The lowest BCUT2D eigenvalue weighted by molar-refractivity contribution is -0.120. The molecule has 2 heterocycles. The monoisotopic (exact) mass is 411 g/mol. The van der Waals surface area contributed by atoms with Gasteiger partial charge in [0, 0.05) is 25.2 Å². The number of piperidine rings is 1. The fraction of sp³-hybridized carbons (Fsp3) is 0.458. The molecule has 0 radical (unpaired) electrons. The standard InChI is InChI=1S/C24H30FN3O2/c1-18-8-9-20(25)21(14-18)26-23(30)17-27-13-11-24(22(29)16-27)10-5-12-28(24)15-19-6-3-2-4-7-19/h2-4,6-9,14,22,29H,5,10-13,15-17H2,1H3,(H,26,30)/t22-,24-/m0/s1. The molecule has 0 bridgehead atoms. The maximum atomic E-state index is 13.9. The van der Waals surface area contributed by atoms with E-state index in [9.17, 15) is 14.3 Å². The first-order chi connectivity index (χ1) is 14.5. The van der Waals surface area contributed by atoms with Crippen LogP contribution in [0.3, 0.4) is 0 Å². The SMILES string of the molecule is Cc1ccc(F)c(NC(=O)CN2CC[C@@]3(CCCN3Cc3ccccc3)[C@@H](O)C2)c1. The van der Waals surface area contributed by atoms with Crippen molar-refractivity contribution in [3.63, 3.8) is 0 Å². The Morgan fingerprint density at radius 2 is 2.00 bits per heavy atom. The molecule has 2 aliphatic heterocycles. The Hall–Kier alpha value is -2.28. The second-order valence-electron chi connectivity index (χ2n) is 8.65. The predicted octanol–water partition coefficient (Wildman–Crippen LogP) is 3.17. The number of hydrogen-bond donors (Lipinski definition) is 2. The lowest BCUT2D eigenvalue weighted by Crippen LogP contribution is -2.61. The Labute approximate surface area is 177 Å². The van der Waals surface area contributed by atoms with Crippen LogP contribution in [-0.4, -0.2) is 58.6 Å². The summed E-state index contributed by atoms with van der Waals surface area (Å²) in [5, 5.41) is 13.8. The maximum absolute atomic E-state index is 13.9. The highest BCUT2D eigenvalue weighted by atomic mass is 19.1. The summed E-state index contributed by atoms with van der Waals surface area (Å²) >= 11 is 0. The Kier molecular flexibility index (Phi) is 6.18. The second kappa shape index (κ2) is 8.84. The smallest absolute Gasteiger partial charge is 0.238 e. The van der Waals surface area contributed by atoms with Gasteiger partial charge in [0.2, 0.25) is 5.91 Å². The normalized spacial score (nSPS) is 25.0. The fourth-order valence-electron chi connectivity index (χ4n) is 4.95. The molecule has 2 atom stereocenters. The number of nitrogens with zero attached hydrogens (tertiary/aromatic N) is 2. The summed E-state index contributed by atoms with van der Waals surface area (Å²) in [6.45, 7) is 5.03. The van der Waals surface area contributed by atoms with Gasteiger partial charge in [-0.25, -0.2) is 4.39 Å². The lowest BCUT2D eigenvalue weighted by atomic mass is 9.82. The number of aliphatic hydroxyl groups is 1. The van der Waals surface area contributed by atoms with Crippen LogP contribution in [0.4, 0.5) is 10.1 Å². The van der Waals surface area contributed by atoms with E-state index in [1.165, 1.54) is 11.6 Å². The number of carbonyl (C=O) groups is 1. The van der Waals surface area contributed by atoms with E-state index in [1.807, 2.05) is 30.0 Å². The van der Waals surface area contributed by atoms with Gasteiger partial charge >= 0.3 is 0 Å². The minimum absolute atomic E-state index is 0.152. The molecule has 1 spiro atoms. The predicted molar refractivity (Wildman–Crippen MR) is 116 cm³/mol. The minimum atomic E-state index is -0.513. The number of nitrogens with one attached hydrogen (secondary N) is 1. The average Bonchev–Trinajstić information content (AvgIpc) is 3.12. The minimum Gasteiger partial charge on any atom is -0.390 e. The van der Waals surface area contributed by atoms with E-state index in [2.05, 4.69) is 22.3 Å². The van der Waals surface area contributed by atoms with Crippen LogP contribution in [0.15, 0.2) is 48.5 Å². The number of rotatable bonds is 5. The van der Waals surface area contributed by atoms with E-state index in [-0.39, 0.29) is 23.7 Å². The molecule has 0 aliphatic carbocycles. The summed E-state index contributed by atoms with van der Waals surface area (Å²) in [4.78, 5) is 16.9. The molecule has 0 unspecified atom stereocenters. The lowest BCUT2D eigenvalue weighted by Gasteiger charge is -2.48. The van der Waals surface area contributed by atoms with Crippen molar-refractivity contribution >= 4 is 11.6 Å². The Bertz CT molecular complexity index is 891. The number of likely N-dealkylation sites (tertiary alicyclic amines) is 2. The molecule has 2 fully saturated rings. The third kappa shape index (κ3) is 4.41. The van der Waals surface area contributed by atoms with Crippen molar-refractivity contribution in [1.82, 2.24) is 9.80 Å². The number of halogens is 1. The van der Waals surface area contributed by atoms with Crippen molar-refractivity contribution in [2.24, 2.45) is 0 Å². The number of benzene rings is 2. The summed E-state index contributed by atoms with van der Waals surface area (Å²) in [6.07, 6.45) is 2.38. The summed E-state index contributed by atoms with van der Waals surface area (Å²) in [5.41, 5.74) is 2.14. The Morgan fingerprint density at radius 3 is 2.77 bits per heavy atom. The highest BCUT2D eigenvalue weighted by Crippen LogP contribution is 2.39. The number of aryl methyl sites for hydroxylation is 1. The van der Waals surface area contributed by atoms with Crippen LogP contribution in [-0.2, 0) is 11.3 Å². The second-order valence-corrected chi connectivity index (χ2v) is 8.65. The van der Waals surface area contributed by atoms with Crippen molar-refractivity contribution in [1.29, 1.82) is 0 Å². The van der Waals surface area contributed by atoms with Crippen LogP contribution in [0, 0.1) is 12.7 Å². The molecule has 1 amide bonds. The van der Waals surface area contributed by atoms with Gasteiger partial charge < -0.3 is 10.4 Å². The molecule has 0 aromatic heterocycles. The molecule has 30 heavy (non-hydrogen) atoms. The van der Waals surface area contributed by atoms with E-state index in [0.717, 1.165) is 44.5 Å². The highest BCUT2D eigenvalue weighted by molar-refractivity contribution is 5.92. The molecule has 2 saturated heterocycles. The van der Waals surface area contributed by atoms with E-state index in [1.54, 1.807) is 12.1 Å². The van der Waals surface area contributed by atoms with Gasteiger partial charge in [0.25, 0.3) is 0 Å². The van der Waals surface area contributed by atoms with Crippen molar-refractivity contribution in [3.8, 4) is 0 Å². The first-order valence-electron chi connectivity index (χ1n) is 10.7. The third-order valence-electron chi connectivity index (χ3n) is 6.56. The average molecular weight is 412 g/mol. The molecule has 5 nitrogen and oxygen atoms in total. The van der Waals surface area contributed by atoms with Crippen LogP contribution in [0.5, 0.6) is 0 Å². The van der Waals surface area contributed by atoms with E-state index in [4.69, 9.17) is 0 Å². The zero-order valence-electron chi connectivity index (χ0n) is 17.5. The fourth-order valence-corrected chi connectivity index (χ4v) is 4.95. The first-order valence-corrected chi connectivity index (χ1v) is 10.7. The van der Waals surface area contributed by atoms with Gasteiger partial charge in [0.05, 0.1) is 18.3 Å². The van der Waals surface area contributed by atoms with Crippen molar-refractivity contribution in [2.75, 3.05) is 31.5 Å². The van der Waals surface area contributed by atoms with Gasteiger partial charge in [0.1, 0.15) is 5.82 Å². The number of carbonyl (C=O) groups excluding carboxylic acids is 1. The highest BCUT2D eigenvalue weighted by Gasteiger charge is 2.49. The van der Waals surface area contributed by atoms with E-state index >= 15 is 0 Å². The maximum Gasteiger partial charge on any atom is 0.238 e. The van der Waals surface area contributed by atoms with E-state index < -0.39 is 11.9 Å². The van der Waals surface area contributed by atoms with Crippen LogP contribution in [0.1, 0.15) is 30.4 Å². The van der Waals surface area contributed by atoms with Gasteiger partial charge in [-0.2, -0.15) is 0 Å². The van der Waals surface area contributed by atoms with Crippen LogP contribution < -0.4 is 5.32 Å². The molecule has 2 aliphatic rings. The van der Waals surface area contributed by atoms with E-state index in [0.29, 0.717) is 6.54 Å². The summed E-state index contributed by atoms with van der Waals surface area (Å²) < 4.78 is 13.9. The van der Waals surface area contributed by atoms with Gasteiger partial charge in [0.15, 0.2) is 0 Å². The number of β-amino-alcohol motifs (C(OH)–C–C–N with tert-alkyl or cyclic N) is 1. The molecule has 2 N–H and O–H groups in total. The van der Waals surface area contributed by atoms with Crippen LogP contribution in [0.25, 0.3) is 0 Å². The molecule has 0 saturated carbocycles. The molecule has 2 aromatic carbocycles. The zero-order valence-corrected chi connectivity index (χ0v) is 17.5. The molecular formula is C24H30FN3O2. The molecule has 6 heteroatoms. The molecule has 2 aromatic rings. The van der Waals surface area contributed by atoms with Gasteiger partial charge in [-0.15, -0.1) is 0 Å². The van der Waals surface area contributed by atoms with Crippen molar-refractivity contribution < 1.29 is 14.3 Å². The Balaban J connectivity index is 1.36. The topological polar surface area (TPSA) is 55.8 Å². The molecule has 4 rings (SSSR count). The number of anilines is 1. The number of aliphatic hydroxyl groups excluding tert-OH is 1. The number of amides is 1. The molecular weight excluding hydrogens is 381 g/mol. The van der Waals surface area contributed by atoms with Gasteiger partial charge in [-0.05, 0) is 56.0 Å². The quantitative estimate of drug-likeness (QED) is 0.794. The van der Waals surface area contributed by atoms with Crippen LogP contribution in [0.2, 0.25) is 0 Å². The molecule has 160 valence electrons. The Morgan fingerprint density at radius 1 is 1.20 bits per heavy atom. The van der Waals surface area contributed by atoms with Gasteiger partial charge in [-0.1, -0.05) is 36.4 Å². The zero-order chi connectivity index (χ0) is 21.1. The van der Waals surface area contributed by atoms with Crippen LogP contribution >= 0.6 is 0 Å². The van der Waals surface area contributed by atoms with Crippen molar-refractivity contribution in [3.05, 3.63) is 65.5 Å². The summed E-state index contributed by atoms with van der Waals surface area (Å²) in [7, 11) is 0. The van der Waals surface area contributed by atoms with Gasteiger partial charge in [-0.3, -0.25) is 14.6 Å².